The Balaban J connectivity index is 2.71. The van der Waals surface area contributed by atoms with E-state index in [4.69, 9.17) is 4.74 Å². The summed E-state index contributed by atoms with van der Waals surface area (Å²) in [6.07, 6.45) is -1.17. The van der Waals surface area contributed by atoms with E-state index in [0.29, 0.717) is 0 Å². The molecule has 0 unspecified atom stereocenters. The first-order valence-electron chi connectivity index (χ1n) is 8.70. The maximum Gasteiger partial charge on any atom is 0.408 e. The standard InChI is InChI=1S/C19H26N2O7/c1-12(2)16(21-19(25)28-11-13-8-6-5-7-9-13)17(23)20-14(18(24)27-4)10-15(22)26-3/h5-9,12,14,16H,10-11H2,1-4H3,(H,20,23)(H,21,25)/t14-,16+/m0/s1. The number of rotatable bonds is 9. The number of esters is 2. The third-order valence-corrected chi connectivity index (χ3v) is 3.84. The van der Waals surface area contributed by atoms with Crippen molar-refractivity contribution in [1.82, 2.24) is 10.6 Å². The molecule has 0 spiro atoms. The number of benzene rings is 1. The fourth-order valence-corrected chi connectivity index (χ4v) is 2.27. The Morgan fingerprint density at radius 2 is 1.61 bits per heavy atom. The molecule has 154 valence electrons. The number of carbonyl (C=O) groups is 4. The van der Waals surface area contributed by atoms with Crippen LogP contribution in [0.2, 0.25) is 0 Å². The molecule has 0 bridgehead atoms. The van der Waals surface area contributed by atoms with E-state index in [-0.39, 0.29) is 12.5 Å². The average molecular weight is 394 g/mol. The number of nitrogens with one attached hydrogen (secondary N) is 2. The number of amides is 2. The molecule has 1 aromatic carbocycles. The van der Waals surface area contributed by atoms with Crippen molar-refractivity contribution in [2.75, 3.05) is 14.2 Å². The van der Waals surface area contributed by atoms with Gasteiger partial charge in [0.1, 0.15) is 18.7 Å². The molecule has 9 nitrogen and oxygen atoms in total. The lowest BCUT2D eigenvalue weighted by atomic mass is 10.0. The van der Waals surface area contributed by atoms with Gasteiger partial charge in [0, 0.05) is 0 Å². The zero-order chi connectivity index (χ0) is 21.1. The second-order valence-electron chi connectivity index (χ2n) is 6.29. The second kappa shape index (κ2) is 11.6. The number of hydrogen-bond donors (Lipinski definition) is 2. The van der Waals surface area contributed by atoms with E-state index in [9.17, 15) is 19.2 Å². The molecular formula is C19H26N2O7. The van der Waals surface area contributed by atoms with Gasteiger partial charge in [-0.3, -0.25) is 9.59 Å². The number of ether oxygens (including phenoxy) is 3. The van der Waals surface area contributed by atoms with Crippen molar-refractivity contribution in [1.29, 1.82) is 0 Å². The summed E-state index contributed by atoms with van der Waals surface area (Å²) in [5.41, 5.74) is 0.798. The summed E-state index contributed by atoms with van der Waals surface area (Å²) >= 11 is 0. The van der Waals surface area contributed by atoms with Crippen LogP contribution in [0.3, 0.4) is 0 Å². The largest absolute Gasteiger partial charge is 0.469 e. The first-order chi connectivity index (χ1) is 13.3. The molecule has 0 aliphatic heterocycles. The van der Waals surface area contributed by atoms with Crippen LogP contribution in [-0.4, -0.2) is 50.2 Å². The van der Waals surface area contributed by atoms with Gasteiger partial charge in [-0.25, -0.2) is 9.59 Å². The Morgan fingerprint density at radius 1 is 0.964 bits per heavy atom. The van der Waals surface area contributed by atoms with Crippen molar-refractivity contribution in [3.05, 3.63) is 35.9 Å². The van der Waals surface area contributed by atoms with E-state index in [1.807, 2.05) is 18.2 Å². The van der Waals surface area contributed by atoms with Gasteiger partial charge in [-0.2, -0.15) is 0 Å². The van der Waals surface area contributed by atoms with Crippen LogP contribution in [0.1, 0.15) is 25.8 Å². The van der Waals surface area contributed by atoms with Crippen molar-refractivity contribution in [2.45, 2.75) is 39.0 Å². The highest BCUT2D eigenvalue weighted by atomic mass is 16.5. The van der Waals surface area contributed by atoms with Gasteiger partial charge in [-0.05, 0) is 11.5 Å². The molecule has 0 aromatic heterocycles. The quantitative estimate of drug-likeness (QED) is 0.476. The number of alkyl carbamates (subject to hydrolysis) is 1. The molecule has 0 saturated carbocycles. The van der Waals surface area contributed by atoms with Gasteiger partial charge >= 0.3 is 18.0 Å². The molecule has 0 fully saturated rings. The minimum Gasteiger partial charge on any atom is -0.469 e. The van der Waals surface area contributed by atoms with E-state index in [1.54, 1.807) is 26.0 Å². The van der Waals surface area contributed by atoms with Crippen LogP contribution < -0.4 is 10.6 Å². The van der Waals surface area contributed by atoms with Gasteiger partial charge in [0.05, 0.1) is 20.6 Å². The predicted octanol–water partition coefficient (Wildman–Crippen LogP) is 1.16. The van der Waals surface area contributed by atoms with E-state index in [2.05, 4.69) is 20.1 Å². The third kappa shape index (κ3) is 7.65. The van der Waals surface area contributed by atoms with Gasteiger partial charge in [0.25, 0.3) is 0 Å². The lowest BCUT2D eigenvalue weighted by Gasteiger charge is -2.24. The maximum absolute atomic E-state index is 12.6. The number of carbonyl (C=O) groups excluding carboxylic acids is 4. The molecule has 0 aliphatic carbocycles. The van der Waals surface area contributed by atoms with Crippen LogP contribution in [-0.2, 0) is 35.2 Å². The van der Waals surface area contributed by atoms with Crippen LogP contribution in [0.15, 0.2) is 30.3 Å². The minimum atomic E-state index is -1.23. The zero-order valence-corrected chi connectivity index (χ0v) is 16.4. The highest BCUT2D eigenvalue weighted by Crippen LogP contribution is 2.06. The molecule has 0 radical (unpaired) electrons. The number of methoxy groups -OCH3 is 2. The van der Waals surface area contributed by atoms with Crippen molar-refractivity contribution in [3.8, 4) is 0 Å². The van der Waals surface area contributed by atoms with Crippen molar-refractivity contribution < 1.29 is 33.4 Å². The summed E-state index contributed by atoms with van der Waals surface area (Å²) in [4.78, 5) is 47.9. The summed E-state index contributed by atoms with van der Waals surface area (Å²) < 4.78 is 14.2. The average Bonchev–Trinajstić information content (AvgIpc) is 2.69. The van der Waals surface area contributed by atoms with Gasteiger partial charge in [0.2, 0.25) is 5.91 Å². The van der Waals surface area contributed by atoms with E-state index < -0.39 is 42.4 Å². The van der Waals surface area contributed by atoms with Gasteiger partial charge in [-0.1, -0.05) is 44.2 Å². The highest BCUT2D eigenvalue weighted by molar-refractivity contribution is 5.91. The van der Waals surface area contributed by atoms with Crippen molar-refractivity contribution >= 4 is 23.9 Å². The van der Waals surface area contributed by atoms with Gasteiger partial charge in [-0.15, -0.1) is 0 Å². The third-order valence-electron chi connectivity index (χ3n) is 3.84. The van der Waals surface area contributed by atoms with E-state index >= 15 is 0 Å². The van der Waals surface area contributed by atoms with Crippen LogP contribution >= 0.6 is 0 Å². The molecule has 2 N–H and O–H groups in total. The molecule has 0 aliphatic rings. The highest BCUT2D eigenvalue weighted by Gasteiger charge is 2.31. The van der Waals surface area contributed by atoms with Crippen LogP contribution in [0.25, 0.3) is 0 Å². The summed E-state index contributed by atoms with van der Waals surface area (Å²) in [7, 11) is 2.30. The van der Waals surface area contributed by atoms with Crippen molar-refractivity contribution in [2.24, 2.45) is 5.92 Å². The lowest BCUT2D eigenvalue weighted by molar-refractivity contribution is -0.151. The molecule has 1 aromatic rings. The van der Waals surface area contributed by atoms with E-state index in [0.717, 1.165) is 12.7 Å². The zero-order valence-electron chi connectivity index (χ0n) is 16.4. The maximum atomic E-state index is 12.6. The fourth-order valence-electron chi connectivity index (χ4n) is 2.27. The number of hydrogen-bond acceptors (Lipinski definition) is 7. The Hall–Kier alpha value is -3.10. The lowest BCUT2D eigenvalue weighted by Crippen LogP contribution is -2.54. The summed E-state index contributed by atoms with van der Waals surface area (Å²) in [6.45, 7) is 3.48. The van der Waals surface area contributed by atoms with Crippen LogP contribution in [0.5, 0.6) is 0 Å². The Labute approximate surface area is 163 Å². The summed E-state index contributed by atoms with van der Waals surface area (Å²) in [5, 5.41) is 4.88. The smallest absolute Gasteiger partial charge is 0.408 e. The fraction of sp³-hybridized carbons (Fsp3) is 0.474. The monoisotopic (exact) mass is 394 g/mol. The molecule has 0 saturated heterocycles. The summed E-state index contributed by atoms with van der Waals surface area (Å²) in [6, 6.07) is 6.86. The first kappa shape index (κ1) is 22.9. The summed E-state index contributed by atoms with van der Waals surface area (Å²) in [5.74, 6) is -2.44. The van der Waals surface area contributed by atoms with Crippen LogP contribution in [0.4, 0.5) is 4.79 Å². The van der Waals surface area contributed by atoms with Crippen molar-refractivity contribution in [3.63, 3.8) is 0 Å². The minimum absolute atomic E-state index is 0.0479. The molecular weight excluding hydrogens is 368 g/mol. The Morgan fingerprint density at radius 3 is 2.14 bits per heavy atom. The van der Waals surface area contributed by atoms with Gasteiger partial charge < -0.3 is 24.8 Å². The second-order valence-corrected chi connectivity index (χ2v) is 6.29. The molecule has 28 heavy (non-hydrogen) atoms. The molecule has 9 heteroatoms. The first-order valence-corrected chi connectivity index (χ1v) is 8.70. The predicted molar refractivity (Wildman–Crippen MR) is 99.0 cm³/mol. The molecule has 1 rings (SSSR count). The normalized spacial score (nSPS) is 12.5. The molecule has 2 amide bonds. The molecule has 2 atom stereocenters. The topological polar surface area (TPSA) is 120 Å². The Bertz CT molecular complexity index is 676. The van der Waals surface area contributed by atoms with E-state index in [1.165, 1.54) is 7.11 Å². The van der Waals surface area contributed by atoms with Crippen LogP contribution in [0, 0.1) is 5.92 Å². The van der Waals surface area contributed by atoms with Gasteiger partial charge in [0.15, 0.2) is 0 Å². The molecule has 0 heterocycles. The SMILES string of the molecule is COC(=O)C[C@H](NC(=O)[C@H](NC(=O)OCc1ccccc1)C(C)C)C(=O)OC. The Kier molecular flexibility index (Phi) is 9.49.